The van der Waals surface area contributed by atoms with Gasteiger partial charge in [-0.2, -0.15) is 0 Å². The van der Waals surface area contributed by atoms with Gasteiger partial charge in [-0.05, 0) is 49.1 Å². The molecule has 0 heterocycles. The highest BCUT2D eigenvalue weighted by Gasteiger charge is 2.23. The molecule has 4 nitrogen and oxygen atoms in total. The van der Waals surface area contributed by atoms with Crippen molar-refractivity contribution in [2.24, 2.45) is 22.2 Å². The summed E-state index contributed by atoms with van der Waals surface area (Å²) in [6, 6.07) is 0. The van der Waals surface area contributed by atoms with Gasteiger partial charge in [-0.25, -0.2) is 4.99 Å². The van der Waals surface area contributed by atoms with E-state index < -0.39 is 5.60 Å². The minimum Gasteiger partial charge on any atom is -0.390 e. The maximum atomic E-state index is 10.2. The van der Waals surface area contributed by atoms with Crippen LogP contribution >= 0.6 is 0 Å². The molecule has 0 aromatic heterocycles. The van der Waals surface area contributed by atoms with Crippen molar-refractivity contribution < 1.29 is 5.11 Å². The first-order valence-electron chi connectivity index (χ1n) is 10.2. The van der Waals surface area contributed by atoms with Crippen molar-refractivity contribution >= 4 is 6.34 Å². The van der Waals surface area contributed by atoms with E-state index in [0.29, 0.717) is 12.3 Å². The summed E-state index contributed by atoms with van der Waals surface area (Å²) in [6.07, 6.45) is 15.4. The second-order valence-electron chi connectivity index (χ2n) is 10.1. The second kappa shape index (κ2) is 10.1. The Bertz CT molecular complexity index is 640. The molecule has 0 radical (unpaired) electrons. The van der Waals surface area contributed by atoms with Gasteiger partial charge in [0.2, 0.25) is 0 Å². The smallest absolute Gasteiger partial charge is 0.0903 e. The van der Waals surface area contributed by atoms with Crippen molar-refractivity contribution in [3.8, 4) is 0 Å². The van der Waals surface area contributed by atoms with E-state index in [1.165, 1.54) is 0 Å². The SMILES string of the molecule is CC1C=CC(CC(C)(C)O)=CC1/C(=C/C=C/N(C)CC(C)(C)C)N=CN(C)C. The van der Waals surface area contributed by atoms with Crippen molar-refractivity contribution in [1.29, 1.82) is 0 Å². The topological polar surface area (TPSA) is 39.1 Å². The third-order valence-corrected chi connectivity index (χ3v) is 4.32. The predicted octanol–water partition coefficient (Wildman–Crippen LogP) is 4.86. The molecule has 1 aliphatic carbocycles. The molecule has 1 aliphatic rings. The molecule has 0 aliphatic heterocycles. The first-order valence-corrected chi connectivity index (χ1v) is 10.2. The molecule has 1 rings (SSSR count). The molecule has 0 aromatic carbocycles. The number of hydrogen-bond acceptors (Lipinski definition) is 3. The van der Waals surface area contributed by atoms with Crippen LogP contribution in [0.2, 0.25) is 0 Å². The van der Waals surface area contributed by atoms with Gasteiger partial charge in [0.25, 0.3) is 0 Å². The Kier molecular flexibility index (Phi) is 8.75. The van der Waals surface area contributed by atoms with E-state index in [1.807, 2.05) is 39.2 Å². The second-order valence-corrected chi connectivity index (χ2v) is 10.1. The Morgan fingerprint density at radius 1 is 1.18 bits per heavy atom. The van der Waals surface area contributed by atoms with Gasteiger partial charge in [-0.1, -0.05) is 45.9 Å². The summed E-state index contributed by atoms with van der Waals surface area (Å²) in [7, 11) is 6.06. The highest BCUT2D eigenvalue weighted by molar-refractivity contribution is 5.56. The molecular weight excluding hydrogens is 346 g/mol. The van der Waals surface area contributed by atoms with Gasteiger partial charge < -0.3 is 14.9 Å². The summed E-state index contributed by atoms with van der Waals surface area (Å²) in [5.74, 6) is 0.549. The molecule has 0 fully saturated rings. The Hall–Kier alpha value is -1.81. The standard InChI is InChI=1S/C24H41N3O/c1-19-12-13-20(16-24(5,6)28)15-21(19)22(25-18-26(7)8)11-10-14-27(9)17-23(2,3)4/h10-15,18-19,21,28H,16-17H2,1-9H3/b14-10+,22-11-,25-18?. The van der Waals surface area contributed by atoms with Gasteiger partial charge in [-0.15, -0.1) is 0 Å². The lowest BCUT2D eigenvalue weighted by atomic mass is 9.82. The number of hydrogen-bond donors (Lipinski definition) is 1. The molecule has 0 saturated carbocycles. The molecule has 0 bridgehead atoms. The zero-order valence-electron chi connectivity index (χ0n) is 19.4. The fourth-order valence-corrected chi connectivity index (χ4v) is 3.32. The minimum absolute atomic E-state index is 0.191. The van der Waals surface area contributed by atoms with Gasteiger partial charge in [0.1, 0.15) is 0 Å². The highest BCUT2D eigenvalue weighted by Crippen LogP contribution is 2.32. The molecule has 0 saturated heterocycles. The number of nitrogens with zero attached hydrogens (tertiary/aromatic N) is 3. The molecule has 158 valence electrons. The lowest BCUT2D eigenvalue weighted by Crippen LogP contribution is -2.24. The third-order valence-electron chi connectivity index (χ3n) is 4.32. The minimum atomic E-state index is -0.715. The molecule has 4 heteroatoms. The van der Waals surface area contributed by atoms with Crippen LogP contribution < -0.4 is 0 Å². The van der Waals surface area contributed by atoms with Crippen LogP contribution in [0.3, 0.4) is 0 Å². The van der Waals surface area contributed by atoms with Crippen LogP contribution in [0.15, 0.2) is 52.8 Å². The summed E-state index contributed by atoms with van der Waals surface area (Å²) in [5.41, 5.74) is 1.73. The van der Waals surface area contributed by atoms with Crippen LogP contribution in [0, 0.1) is 17.3 Å². The van der Waals surface area contributed by atoms with Crippen molar-refractivity contribution in [3.05, 3.63) is 47.9 Å². The maximum absolute atomic E-state index is 10.2. The zero-order chi connectivity index (χ0) is 21.5. The van der Waals surface area contributed by atoms with Crippen LogP contribution in [0.4, 0.5) is 0 Å². The zero-order valence-corrected chi connectivity index (χ0v) is 19.4. The van der Waals surface area contributed by atoms with Crippen molar-refractivity contribution in [2.75, 3.05) is 27.7 Å². The van der Waals surface area contributed by atoms with Crippen LogP contribution in [0.5, 0.6) is 0 Å². The van der Waals surface area contributed by atoms with Crippen molar-refractivity contribution in [2.45, 2.75) is 53.6 Å². The van der Waals surface area contributed by atoms with Gasteiger partial charge >= 0.3 is 0 Å². The number of rotatable bonds is 8. The van der Waals surface area contributed by atoms with Gasteiger partial charge in [0.05, 0.1) is 11.9 Å². The molecule has 2 atom stereocenters. The average molecular weight is 388 g/mol. The first kappa shape index (κ1) is 24.2. The molecule has 0 amide bonds. The number of aliphatic imine (C=N–C) groups is 1. The summed E-state index contributed by atoms with van der Waals surface area (Å²) in [4.78, 5) is 8.92. The molecular formula is C24H41N3O. The molecule has 0 spiro atoms. The fourth-order valence-electron chi connectivity index (χ4n) is 3.32. The Morgan fingerprint density at radius 2 is 1.82 bits per heavy atom. The number of aliphatic hydroxyl groups is 1. The van der Waals surface area contributed by atoms with E-state index in [9.17, 15) is 5.11 Å². The number of allylic oxidation sites excluding steroid dienone is 5. The van der Waals surface area contributed by atoms with Crippen LogP contribution in [-0.4, -0.2) is 54.5 Å². The average Bonchev–Trinajstić information content (AvgIpc) is 2.49. The first-order chi connectivity index (χ1) is 12.8. The predicted molar refractivity (Wildman–Crippen MR) is 122 cm³/mol. The molecule has 0 aromatic rings. The van der Waals surface area contributed by atoms with Crippen LogP contribution in [0.1, 0.15) is 48.0 Å². The van der Waals surface area contributed by atoms with Crippen LogP contribution in [0.25, 0.3) is 0 Å². The summed E-state index contributed by atoms with van der Waals surface area (Å²) >= 11 is 0. The third kappa shape index (κ3) is 9.93. The van der Waals surface area contributed by atoms with Gasteiger partial charge in [0.15, 0.2) is 0 Å². The Balaban J connectivity index is 3.10. The summed E-state index contributed by atoms with van der Waals surface area (Å²) < 4.78 is 0. The van der Waals surface area contributed by atoms with Crippen LogP contribution in [-0.2, 0) is 0 Å². The van der Waals surface area contributed by atoms with E-state index in [1.54, 1.807) is 0 Å². The molecule has 1 N–H and O–H groups in total. The van der Waals surface area contributed by atoms with E-state index in [-0.39, 0.29) is 11.3 Å². The van der Waals surface area contributed by atoms with E-state index in [2.05, 4.69) is 76.2 Å². The van der Waals surface area contributed by atoms with E-state index in [0.717, 1.165) is 17.8 Å². The van der Waals surface area contributed by atoms with Gasteiger partial charge in [0, 0.05) is 45.7 Å². The lowest BCUT2D eigenvalue weighted by Gasteiger charge is -2.27. The Labute approximate surface area is 173 Å². The highest BCUT2D eigenvalue weighted by atomic mass is 16.3. The summed E-state index contributed by atoms with van der Waals surface area (Å²) in [6.45, 7) is 13.6. The Morgan fingerprint density at radius 3 is 2.36 bits per heavy atom. The molecule has 28 heavy (non-hydrogen) atoms. The van der Waals surface area contributed by atoms with E-state index in [4.69, 9.17) is 4.99 Å². The maximum Gasteiger partial charge on any atom is 0.0903 e. The fraction of sp³-hybridized carbons (Fsp3) is 0.625. The summed E-state index contributed by atoms with van der Waals surface area (Å²) in [5, 5.41) is 10.2. The van der Waals surface area contributed by atoms with Gasteiger partial charge in [-0.3, -0.25) is 0 Å². The van der Waals surface area contributed by atoms with E-state index >= 15 is 0 Å². The monoisotopic (exact) mass is 387 g/mol. The quantitative estimate of drug-likeness (QED) is 0.367. The van der Waals surface area contributed by atoms with Crippen molar-refractivity contribution in [1.82, 2.24) is 9.80 Å². The normalized spacial score (nSPS) is 21.5. The van der Waals surface area contributed by atoms with Crippen molar-refractivity contribution in [3.63, 3.8) is 0 Å². The largest absolute Gasteiger partial charge is 0.390 e. The molecule has 2 unspecified atom stereocenters. The lowest BCUT2D eigenvalue weighted by molar-refractivity contribution is 0.0815.